The number of carbonyl (C=O) groups is 1. The SMILES string of the molecule is CC(Sc1nnc(-c2ccco2)n1CCC(N)=O)c1cc(F)ccc1F. The highest BCUT2D eigenvalue weighted by atomic mass is 32.2. The van der Waals surface area contributed by atoms with Gasteiger partial charge in [0.25, 0.3) is 0 Å². The van der Waals surface area contributed by atoms with Crippen molar-refractivity contribution in [1.29, 1.82) is 0 Å². The van der Waals surface area contributed by atoms with Gasteiger partial charge in [0, 0.05) is 23.8 Å². The van der Waals surface area contributed by atoms with Crippen LogP contribution in [-0.2, 0) is 11.3 Å². The maximum absolute atomic E-state index is 14.0. The minimum atomic E-state index is -0.514. The molecular weight excluding hydrogens is 362 g/mol. The molecule has 1 amide bonds. The van der Waals surface area contributed by atoms with Gasteiger partial charge in [0.1, 0.15) is 11.6 Å². The molecule has 9 heteroatoms. The molecule has 0 radical (unpaired) electrons. The quantitative estimate of drug-likeness (QED) is 0.636. The van der Waals surface area contributed by atoms with Crippen LogP contribution in [0.3, 0.4) is 0 Å². The Balaban J connectivity index is 1.91. The van der Waals surface area contributed by atoms with Gasteiger partial charge in [-0.05, 0) is 37.3 Å². The van der Waals surface area contributed by atoms with E-state index in [2.05, 4.69) is 10.2 Å². The molecule has 26 heavy (non-hydrogen) atoms. The Kier molecular flexibility index (Phi) is 5.36. The number of benzene rings is 1. The molecule has 136 valence electrons. The number of nitrogens with two attached hydrogens (primary N) is 1. The number of amides is 1. The van der Waals surface area contributed by atoms with Crippen molar-refractivity contribution >= 4 is 17.7 Å². The first-order valence-electron chi connectivity index (χ1n) is 7.82. The highest BCUT2D eigenvalue weighted by Crippen LogP contribution is 2.36. The van der Waals surface area contributed by atoms with Gasteiger partial charge >= 0.3 is 0 Å². The number of thioether (sulfide) groups is 1. The molecule has 2 heterocycles. The minimum absolute atomic E-state index is 0.0853. The van der Waals surface area contributed by atoms with Crippen molar-refractivity contribution in [3.8, 4) is 11.6 Å². The molecule has 0 saturated heterocycles. The maximum atomic E-state index is 14.0. The Morgan fingerprint density at radius 1 is 1.35 bits per heavy atom. The Hall–Kier alpha value is -2.68. The van der Waals surface area contributed by atoms with Crippen LogP contribution >= 0.6 is 11.8 Å². The Morgan fingerprint density at radius 2 is 2.15 bits per heavy atom. The lowest BCUT2D eigenvalue weighted by molar-refractivity contribution is -0.118. The fourth-order valence-corrected chi connectivity index (χ4v) is 3.45. The number of primary amides is 1. The molecular formula is C17H16F2N4O2S. The molecule has 0 spiro atoms. The summed E-state index contributed by atoms with van der Waals surface area (Å²) in [5.74, 6) is -0.561. The second-order valence-corrected chi connectivity index (χ2v) is 6.89. The van der Waals surface area contributed by atoms with E-state index < -0.39 is 22.8 Å². The third-order valence-electron chi connectivity index (χ3n) is 3.72. The minimum Gasteiger partial charge on any atom is -0.461 e. The van der Waals surface area contributed by atoms with Crippen LogP contribution in [0.5, 0.6) is 0 Å². The van der Waals surface area contributed by atoms with E-state index in [1.165, 1.54) is 18.0 Å². The van der Waals surface area contributed by atoms with E-state index in [1.54, 1.807) is 23.6 Å². The number of aromatic nitrogens is 3. The van der Waals surface area contributed by atoms with Crippen LogP contribution in [0.25, 0.3) is 11.6 Å². The highest BCUT2D eigenvalue weighted by Gasteiger charge is 2.21. The summed E-state index contributed by atoms with van der Waals surface area (Å²) >= 11 is 1.20. The van der Waals surface area contributed by atoms with Crippen LogP contribution in [0.2, 0.25) is 0 Å². The number of nitrogens with zero attached hydrogens (tertiary/aromatic N) is 3. The molecule has 1 aromatic carbocycles. The summed E-state index contributed by atoms with van der Waals surface area (Å²) in [5, 5.41) is 8.25. The Morgan fingerprint density at radius 3 is 2.85 bits per heavy atom. The molecule has 0 fully saturated rings. The van der Waals surface area contributed by atoms with Gasteiger partial charge in [-0.2, -0.15) is 0 Å². The summed E-state index contributed by atoms with van der Waals surface area (Å²) in [6.45, 7) is 1.99. The van der Waals surface area contributed by atoms with Crippen LogP contribution in [0.15, 0.2) is 46.2 Å². The number of halogens is 2. The second kappa shape index (κ2) is 7.69. The number of furan rings is 1. The lowest BCUT2D eigenvalue weighted by Crippen LogP contribution is -2.15. The smallest absolute Gasteiger partial charge is 0.219 e. The molecule has 1 unspecified atom stereocenters. The lowest BCUT2D eigenvalue weighted by Gasteiger charge is -2.13. The summed E-state index contributed by atoms with van der Waals surface area (Å²) in [5.41, 5.74) is 5.46. The van der Waals surface area contributed by atoms with E-state index in [0.29, 0.717) is 16.7 Å². The van der Waals surface area contributed by atoms with Crippen molar-refractivity contribution in [2.45, 2.75) is 30.3 Å². The van der Waals surface area contributed by atoms with Crippen molar-refractivity contribution in [3.05, 3.63) is 53.8 Å². The Labute approximate surface area is 152 Å². The second-order valence-electron chi connectivity index (χ2n) is 5.58. The van der Waals surface area contributed by atoms with Crippen LogP contribution < -0.4 is 5.73 Å². The average Bonchev–Trinajstić information content (AvgIpc) is 3.24. The molecule has 6 nitrogen and oxygen atoms in total. The van der Waals surface area contributed by atoms with E-state index in [9.17, 15) is 13.6 Å². The normalized spacial score (nSPS) is 12.3. The van der Waals surface area contributed by atoms with Crippen molar-refractivity contribution in [2.75, 3.05) is 0 Å². The summed E-state index contributed by atoms with van der Waals surface area (Å²) < 4.78 is 34.5. The molecule has 0 aliphatic heterocycles. The first-order valence-corrected chi connectivity index (χ1v) is 8.70. The molecule has 3 rings (SSSR count). The van der Waals surface area contributed by atoms with E-state index in [4.69, 9.17) is 10.2 Å². The van der Waals surface area contributed by atoms with E-state index >= 15 is 0 Å². The lowest BCUT2D eigenvalue weighted by atomic mass is 10.1. The Bertz CT molecular complexity index is 912. The molecule has 0 aliphatic carbocycles. The van der Waals surface area contributed by atoms with Gasteiger partial charge < -0.3 is 10.2 Å². The maximum Gasteiger partial charge on any atom is 0.219 e. The summed E-state index contributed by atoms with van der Waals surface area (Å²) in [6.07, 6.45) is 1.59. The average molecular weight is 378 g/mol. The fourth-order valence-electron chi connectivity index (χ4n) is 2.44. The predicted molar refractivity (Wildman–Crippen MR) is 92.2 cm³/mol. The zero-order valence-corrected chi connectivity index (χ0v) is 14.7. The highest BCUT2D eigenvalue weighted by molar-refractivity contribution is 7.99. The van der Waals surface area contributed by atoms with Crippen molar-refractivity contribution in [1.82, 2.24) is 14.8 Å². The molecule has 3 aromatic rings. The third kappa shape index (κ3) is 3.93. The van der Waals surface area contributed by atoms with Crippen LogP contribution in [0, 0.1) is 11.6 Å². The number of hydrogen-bond acceptors (Lipinski definition) is 5. The molecule has 0 saturated carbocycles. The summed E-state index contributed by atoms with van der Waals surface area (Å²) in [7, 11) is 0. The van der Waals surface area contributed by atoms with Crippen LogP contribution in [0.4, 0.5) is 8.78 Å². The van der Waals surface area contributed by atoms with Gasteiger partial charge in [0.05, 0.1) is 6.26 Å². The van der Waals surface area contributed by atoms with Crippen molar-refractivity contribution < 1.29 is 18.0 Å². The van der Waals surface area contributed by atoms with Crippen molar-refractivity contribution in [3.63, 3.8) is 0 Å². The van der Waals surface area contributed by atoms with Gasteiger partial charge in [0.2, 0.25) is 5.91 Å². The van der Waals surface area contributed by atoms with Gasteiger partial charge in [-0.1, -0.05) is 11.8 Å². The standard InChI is InChI=1S/C17H16F2N4O2S/c1-10(12-9-11(18)4-5-13(12)19)26-17-22-21-16(14-3-2-8-25-14)23(17)7-6-15(20)24/h2-5,8-10H,6-7H2,1H3,(H2,20,24). The van der Waals surface area contributed by atoms with Crippen LogP contribution in [0.1, 0.15) is 24.2 Å². The first kappa shape index (κ1) is 18.1. The topological polar surface area (TPSA) is 86.9 Å². The van der Waals surface area contributed by atoms with Crippen molar-refractivity contribution in [2.24, 2.45) is 5.73 Å². The largest absolute Gasteiger partial charge is 0.461 e. The number of hydrogen-bond donors (Lipinski definition) is 1. The van der Waals surface area contributed by atoms with Gasteiger partial charge in [-0.15, -0.1) is 10.2 Å². The monoisotopic (exact) mass is 378 g/mol. The number of carbonyl (C=O) groups excluding carboxylic acids is 1. The van der Waals surface area contributed by atoms with E-state index in [1.807, 2.05) is 0 Å². The predicted octanol–water partition coefficient (Wildman–Crippen LogP) is 3.55. The van der Waals surface area contributed by atoms with Gasteiger partial charge in [-0.3, -0.25) is 9.36 Å². The number of rotatable bonds is 7. The van der Waals surface area contributed by atoms with Crippen LogP contribution in [-0.4, -0.2) is 20.7 Å². The first-order chi connectivity index (χ1) is 12.5. The zero-order valence-electron chi connectivity index (χ0n) is 13.9. The molecule has 1 atom stereocenters. The molecule has 0 aliphatic rings. The summed E-state index contributed by atoms with van der Waals surface area (Å²) in [4.78, 5) is 11.2. The zero-order chi connectivity index (χ0) is 18.7. The summed E-state index contributed by atoms with van der Waals surface area (Å²) in [6, 6.07) is 6.74. The van der Waals surface area contributed by atoms with E-state index in [-0.39, 0.29) is 18.5 Å². The van der Waals surface area contributed by atoms with E-state index in [0.717, 1.165) is 18.2 Å². The third-order valence-corrected chi connectivity index (χ3v) is 4.84. The molecule has 2 aromatic heterocycles. The fraction of sp³-hybridized carbons (Fsp3) is 0.235. The molecule has 0 bridgehead atoms. The molecule has 2 N–H and O–H groups in total. The van der Waals surface area contributed by atoms with Gasteiger partial charge in [-0.25, -0.2) is 8.78 Å². The van der Waals surface area contributed by atoms with Gasteiger partial charge in [0.15, 0.2) is 16.7 Å².